The third-order valence-electron chi connectivity index (χ3n) is 4.88. The minimum atomic E-state index is -0.421. The van der Waals surface area contributed by atoms with Crippen molar-refractivity contribution in [3.8, 4) is 40.2 Å². The van der Waals surface area contributed by atoms with E-state index in [1.54, 1.807) is 19.2 Å². The predicted octanol–water partition coefficient (Wildman–Crippen LogP) is 3.18. The summed E-state index contributed by atoms with van der Waals surface area (Å²) < 4.78 is 38.5. The van der Waals surface area contributed by atoms with Crippen LogP contribution in [0.2, 0.25) is 0 Å². The fraction of sp³-hybridized carbons (Fsp3) is 0.381. The summed E-state index contributed by atoms with van der Waals surface area (Å²) >= 11 is 0. The Kier molecular flexibility index (Phi) is 5.91. The fourth-order valence-electron chi connectivity index (χ4n) is 3.67. The van der Waals surface area contributed by atoms with Gasteiger partial charge in [0.25, 0.3) is 0 Å². The molecular formula is C21H24O8. The molecule has 8 heteroatoms. The first-order valence-electron chi connectivity index (χ1n) is 8.86. The Balaban J connectivity index is 2.31. The summed E-state index contributed by atoms with van der Waals surface area (Å²) in [5, 5.41) is 0. The van der Waals surface area contributed by atoms with Crippen molar-refractivity contribution in [2.45, 2.75) is 12.3 Å². The lowest BCUT2D eigenvalue weighted by atomic mass is 9.84. The molecule has 0 aliphatic carbocycles. The highest BCUT2D eigenvalue weighted by molar-refractivity contribution is 5.81. The molecule has 1 heterocycles. The van der Waals surface area contributed by atoms with Crippen LogP contribution in [0.15, 0.2) is 18.2 Å². The Bertz CT molecular complexity index is 922. The average molecular weight is 404 g/mol. The number of fused-ring (bicyclic) bond motifs is 1. The number of esters is 1. The molecule has 0 unspecified atom stereocenters. The van der Waals surface area contributed by atoms with Crippen molar-refractivity contribution >= 4 is 5.97 Å². The second-order valence-corrected chi connectivity index (χ2v) is 6.21. The first-order valence-corrected chi connectivity index (χ1v) is 8.86. The zero-order chi connectivity index (χ0) is 21.1. The molecule has 0 saturated carbocycles. The molecule has 2 aromatic carbocycles. The Morgan fingerprint density at radius 3 is 1.90 bits per heavy atom. The van der Waals surface area contributed by atoms with Gasteiger partial charge in [-0.3, -0.25) is 4.79 Å². The van der Waals surface area contributed by atoms with Crippen LogP contribution in [0, 0.1) is 0 Å². The highest BCUT2D eigenvalue weighted by Crippen LogP contribution is 2.55. The molecule has 2 aromatic rings. The summed E-state index contributed by atoms with van der Waals surface area (Å²) in [7, 11) is 9.16. The van der Waals surface area contributed by atoms with E-state index in [-0.39, 0.29) is 12.4 Å². The van der Waals surface area contributed by atoms with Crippen LogP contribution in [0.5, 0.6) is 40.2 Å². The summed E-state index contributed by atoms with van der Waals surface area (Å²) in [4.78, 5) is 12.4. The lowest BCUT2D eigenvalue weighted by Crippen LogP contribution is -2.22. The van der Waals surface area contributed by atoms with Crippen LogP contribution in [0.1, 0.15) is 23.5 Å². The van der Waals surface area contributed by atoms with Crippen molar-refractivity contribution in [1.29, 1.82) is 0 Å². The second-order valence-electron chi connectivity index (χ2n) is 6.21. The minimum absolute atomic E-state index is 0.0880. The SMILES string of the molecule is COc1ccc([C@@H]2CC(=O)Oc3cc(OC)c(OC)c(OC)c32)c(OC)c1OC. The van der Waals surface area contributed by atoms with E-state index in [9.17, 15) is 4.79 Å². The molecule has 3 rings (SSSR count). The zero-order valence-corrected chi connectivity index (χ0v) is 17.3. The maximum absolute atomic E-state index is 12.4. The van der Waals surface area contributed by atoms with Crippen LogP contribution in [0.25, 0.3) is 0 Å². The maximum Gasteiger partial charge on any atom is 0.312 e. The van der Waals surface area contributed by atoms with Gasteiger partial charge in [-0.25, -0.2) is 0 Å². The molecule has 0 radical (unpaired) electrons. The van der Waals surface area contributed by atoms with E-state index in [4.69, 9.17) is 33.2 Å². The Morgan fingerprint density at radius 2 is 1.34 bits per heavy atom. The van der Waals surface area contributed by atoms with Crippen LogP contribution in [0.3, 0.4) is 0 Å². The maximum atomic E-state index is 12.4. The summed E-state index contributed by atoms with van der Waals surface area (Å²) in [5.41, 5.74) is 1.39. The van der Waals surface area contributed by atoms with Gasteiger partial charge in [0.15, 0.2) is 23.0 Å². The standard InChI is InChI=1S/C21H24O8/c1-23-13-8-7-11(18(25-3)19(13)26-4)12-9-16(22)29-14-10-15(24-2)20(27-5)21(28-6)17(12)14/h7-8,10,12H,9H2,1-6H3/t12-/m0/s1. The van der Waals surface area contributed by atoms with Crippen molar-refractivity contribution < 1.29 is 38.0 Å². The molecule has 1 aliphatic heterocycles. The van der Waals surface area contributed by atoms with Crippen LogP contribution < -0.4 is 33.2 Å². The molecule has 0 saturated heterocycles. The van der Waals surface area contributed by atoms with E-state index < -0.39 is 5.92 Å². The second kappa shape index (κ2) is 8.38. The van der Waals surface area contributed by atoms with Gasteiger partial charge in [-0.15, -0.1) is 0 Å². The van der Waals surface area contributed by atoms with Gasteiger partial charge >= 0.3 is 5.97 Å². The summed E-state index contributed by atoms with van der Waals surface area (Å²) in [6.07, 6.45) is 0.0880. The molecule has 156 valence electrons. The summed E-state index contributed by atoms with van der Waals surface area (Å²) in [6.45, 7) is 0. The monoisotopic (exact) mass is 404 g/mol. The Hall–Kier alpha value is -3.29. The number of hydrogen-bond donors (Lipinski definition) is 0. The van der Waals surface area contributed by atoms with Crippen molar-refractivity contribution in [2.75, 3.05) is 42.7 Å². The normalized spacial score (nSPS) is 15.1. The van der Waals surface area contributed by atoms with Crippen LogP contribution >= 0.6 is 0 Å². The van der Waals surface area contributed by atoms with Gasteiger partial charge in [0.05, 0.1) is 49.1 Å². The van der Waals surface area contributed by atoms with Crippen molar-refractivity contribution in [3.63, 3.8) is 0 Å². The van der Waals surface area contributed by atoms with Crippen molar-refractivity contribution in [1.82, 2.24) is 0 Å². The molecule has 0 aromatic heterocycles. The van der Waals surface area contributed by atoms with E-state index in [0.717, 1.165) is 5.56 Å². The van der Waals surface area contributed by atoms with Gasteiger partial charge in [0.2, 0.25) is 11.5 Å². The summed E-state index contributed by atoms with van der Waals surface area (Å²) in [6, 6.07) is 5.22. The highest BCUT2D eigenvalue weighted by Gasteiger charge is 2.37. The van der Waals surface area contributed by atoms with E-state index in [0.29, 0.717) is 45.8 Å². The van der Waals surface area contributed by atoms with Crippen LogP contribution in [-0.2, 0) is 4.79 Å². The average Bonchev–Trinajstić information content (AvgIpc) is 2.75. The van der Waals surface area contributed by atoms with Gasteiger partial charge in [-0.2, -0.15) is 0 Å². The number of carbonyl (C=O) groups excluding carboxylic acids is 1. The Morgan fingerprint density at radius 1 is 0.759 bits per heavy atom. The molecule has 0 bridgehead atoms. The third kappa shape index (κ3) is 3.35. The topological polar surface area (TPSA) is 81.7 Å². The smallest absolute Gasteiger partial charge is 0.312 e. The van der Waals surface area contributed by atoms with Crippen molar-refractivity contribution in [3.05, 3.63) is 29.3 Å². The molecule has 0 fully saturated rings. The van der Waals surface area contributed by atoms with Crippen molar-refractivity contribution in [2.24, 2.45) is 0 Å². The molecule has 0 spiro atoms. The molecular weight excluding hydrogens is 380 g/mol. The number of benzene rings is 2. The lowest BCUT2D eigenvalue weighted by molar-refractivity contribution is -0.135. The van der Waals surface area contributed by atoms with E-state index in [1.165, 1.54) is 35.5 Å². The van der Waals surface area contributed by atoms with Gasteiger partial charge < -0.3 is 33.2 Å². The quantitative estimate of drug-likeness (QED) is 0.514. The number of rotatable bonds is 7. The zero-order valence-electron chi connectivity index (χ0n) is 17.3. The van der Waals surface area contributed by atoms with Gasteiger partial charge in [0.1, 0.15) is 5.75 Å². The van der Waals surface area contributed by atoms with E-state index in [1.807, 2.05) is 6.07 Å². The number of ether oxygens (including phenoxy) is 7. The predicted molar refractivity (Wildman–Crippen MR) is 104 cm³/mol. The molecule has 1 atom stereocenters. The molecule has 0 N–H and O–H groups in total. The first-order chi connectivity index (χ1) is 14.0. The largest absolute Gasteiger partial charge is 0.493 e. The van der Waals surface area contributed by atoms with Crippen LogP contribution in [-0.4, -0.2) is 48.6 Å². The van der Waals surface area contributed by atoms with Crippen LogP contribution in [0.4, 0.5) is 0 Å². The van der Waals surface area contributed by atoms with Gasteiger partial charge in [-0.1, -0.05) is 6.07 Å². The first kappa shape index (κ1) is 20.4. The van der Waals surface area contributed by atoms with E-state index >= 15 is 0 Å². The molecule has 0 amide bonds. The highest BCUT2D eigenvalue weighted by atomic mass is 16.6. The fourth-order valence-corrected chi connectivity index (χ4v) is 3.67. The minimum Gasteiger partial charge on any atom is -0.493 e. The molecule has 1 aliphatic rings. The lowest BCUT2D eigenvalue weighted by Gasteiger charge is -2.29. The molecule has 29 heavy (non-hydrogen) atoms. The third-order valence-corrected chi connectivity index (χ3v) is 4.88. The number of hydrogen-bond acceptors (Lipinski definition) is 8. The molecule has 8 nitrogen and oxygen atoms in total. The van der Waals surface area contributed by atoms with E-state index in [2.05, 4.69) is 0 Å². The van der Waals surface area contributed by atoms with Gasteiger partial charge in [-0.05, 0) is 6.07 Å². The number of carbonyl (C=O) groups is 1. The number of methoxy groups -OCH3 is 6. The van der Waals surface area contributed by atoms with Gasteiger partial charge in [0, 0.05) is 23.1 Å². The Labute approximate surface area is 169 Å². The summed E-state index contributed by atoms with van der Waals surface area (Å²) in [5.74, 6) is 2.21.